The van der Waals surface area contributed by atoms with Gasteiger partial charge in [-0.05, 0) is 38.6 Å². The highest BCUT2D eigenvalue weighted by Gasteiger charge is 2.27. The van der Waals surface area contributed by atoms with Crippen molar-refractivity contribution in [2.75, 3.05) is 25.5 Å². The fourth-order valence-electron chi connectivity index (χ4n) is 3.66. The van der Waals surface area contributed by atoms with Crippen molar-refractivity contribution in [3.8, 4) is 17.0 Å². The smallest absolute Gasteiger partial charge is 0.154 e. The molecule has 1 saturated heterocycles. The summed E-state index contributed by atoms with van der Waals surface area (Å²) in [5.74, 6) is -0.212. The molecular weight excluding hydrogens is 359 g/mol. The summed E-state index contributed by atoms with van der Waals surface area (Å²) in [6.07, 6.45) is 2.19. The van der Waals surface area contributed by atoms with Crippen molar-refractivity contribution >= 4 is 17.4 Å². The van der Waals surface area contributed by atoms with E-state index in [0.717, 1.165) is 43.1 Å². The topological polar surface area (TPSA) is 70.5 Å². The molecule has 6 nitrogen and oxygen atoms in total. The van der Waals surface area contributed by atoms with Crippen LogP contribution in [0.15, 0.2) is 12.1 Å². The Kier molecular flexibility index (Phi) is 4.69. The second kappa shape index (κ2) is 6.98. The molecular formula is C18H20ClFN4O2. The number of nitrogens with one attached hydrogen (secondary N) is 1. The molecule has 2 aromatic rings. The van der Waals surface area contributed by atoms with Crippen LogP contribution in [0.5, 0.6) is 5.75 Å². The number of rotatable bonds is 3. The lowest BCUT2D eigenvalue weighted by atomic mass is 10.0. The van der Waals surface area contributed by atoms with Gasteiger partial charge in [-0.1, -0.05) is 11.6 Å². The van der Waals surface area contributed by atoms with Crippen molar-refractivity contribution in [1.29, 1.82) is 0 Å². The molecule has 0 radical (unpaired) electrons. The Hall–Kier alpha value is -1.96. The lowest BCUT2D eigenvalue weighted by Gasteiger charge is -2.30. The first kappa shape index (κ1) is 17.5. The molecule has 0 unspecified atom stereocenters. The first-order chi connectivity index (χ1) is 12.5. The number of piperidine rings is 1. The summed E-state index contributed by atoms with van der Waals surface area (Å²) in [4.78, 5) is 2.28. The Labute approximate surface area is 155 Å². The molecule has 1 aromatic carbocycles. The molecule has 4 rings (SSSR count). The zero-order chi connectivity index (χ0) is 18.3. The molecule has 3 heterocycles. The molecule has 26 heavy (non-hydrogen) atoms. The van der Waals surface area contributed by atoms with E-state index in [9.17, 15) is 9.50 Å². The number of aromatic nitrogens is 2. The van der Waals surface area contributed by atoms with Gasteiger partial charge in [0.1, 0.15) is 17.3 Å². The third-order valence-corrected chi connectivity index (χ3v) is 5.13. The molecule has 1 atom stereocenters. The van der Waals surface area contributed by atoms with Crippen LogP contribution in [0.3, 0.4) is 0 Å². The van der Waals surface area contributed by atoms with Crippen LogP contribution in [0.4, 0.5) is 10.2 Å². The van der Waals surface area contributed by atoms with Gasteiger partial charge >= 0.3 is 0 Å². The van der Waals surface area contributed by atoms with E-state index < -0.39 is 5.82 Å². The van der Waals surface area contributed by atoms with Crippen LogP contribution in [0.1, 0.15) is 24.0 Å². The Balaban J connectivity index is 1.71. The summed E-state index contributed by atoms with van der Waals surface area (Å²) < 4.78 is 20.0. The zero-order valence-electron chi connectivity index (χ0n) is 14.4. The first-order valence-corrected chi connectivity index (χ1v) is 9.00. The van der Waals surface area contributed by atoms with E-state index in [2.05, 4.69) is 27.5 Å². The van der Waals surface area contributed by atoms with Gasteiger partial charge < -0.3 is 20.1 Å². The molecule has 0 amide bonds. The van der Waals surface area contributed by atoms with Crippen molar-refractivity contribution in [1.82, 2.24) is 15.1 Å². The van der Waals surface area contributed by atoms with Crippen LogP contribution < -0.4 is 5.32 Å². The van der Waals surface area contributed by atoms with Crippen LogP contribution in [-0.2, 0) is 18.0 Å². The zero-order valence-corrected chi connectivity index (χ0v) is 15.2. The maximum atomic E-state index is 14.4. The van der Waals surface area contributed by atoms with E-state index in [1.807, 2.05) is 0 Å². The number of hydrogen-bond acceptors (Lipinski definition) is 6. The van der Waals surface area contributed by atoms with E-state index in [-0.39, 0.29) is 16.3 Å². The highest BCUT2D eigenvalue weighted by atomic mass is 35.5. The first-order valence-electron chi connectivity index (χ1n) is 8.62. The fourth-order valence-corrected chi connectivity index (χ4v) is 3.86. The highest BCUT2D eigenvalue weighted by molar-refractivity contribution is 6.30. The molecule has 0 spiro atoms. The molecule has 0 aliphatic carbocycles. The Bertz CT molecular complexity index is 825. The third kappa shape index (κ3) is 3.22. The molecule has 8 heteroatoms. The lowest BCUT2D eigenvalue weighted by Crippen LogP contribution is -2.40. The van der Waals surface area contributed by atoms with E-state index >= 15 is 0 Å². The molecule has 2 aliphatic heterocycles. The lowest BCUT2D eigenvalue weighted by molar-refractivity contribution is 0.134. The predicted octanol–water partition coefficient (Wildman–Crippen LogP) is 3.18. The van der Waals surface area contributed by atoms with E-state index in [4.69, 9.17) is 16.3 Å². The molecule has 0 bridgehead atoms. The second-order valence-corrected chi connectivity index (χ2v) is 7.31. The number of ether oxygens (including phenoxy) is 1. The van der Waals surface area contributed by atoms with Crippen molar-refractivity contribution < 1.29 is 14.2 Å². The molecule has 138 valence electrons. The van der Waals surface area contributed by atoms with Crippen LogP contribution in [0.2, 0.25) is 5.02 Å². The molecule has 1 aromatic heterocycles. The van der Waals surface area contributed by atoms with Crippen LogP contribution in [0.25, 0.3) is 11.3 Å². The standard InChI is InChI=1S/C18H20ClFN4O2/c1-24-4-2-3-11(7-24)21-18-13-9-26-8-12(13)17(22-23-18)16-14(20)5-10(19)6-15(16)25/h5-6,11,25H,2-4,7-9H2,1H3,(H,21,23)/t11-/m1/s1. The number of halogens is 2. The van der Waals surface area contributed by atoms with E-state index in [1.165, 1.54) is 6.07 Å². The minimum absolute atomic E-state index is 0.00704. The van der Waals surface area contributed by atoms with Crippen LogP contribution in [-0.4, -0.2) is 46.4 Å². The molecule has 2 aliphatic rings. The van der Waals surface area contributed by atoms with Gasteiger partial charge in [0.05, 0.1) is 18.8 Å². The summed E-state index contributed by atoms with van der Waals surface area (Å²) in [5, 5.41) is 22.2. The number of likely N-dealkylation sites (N-methyl/N-ethyl adjacent to an activating group) is 1. The number of aromatic hydroxyl groups is 1. The maximum absolute atomic E-state index is 14.4. The quantitative estimate of drug-likeness (QED) is 0.854. The van der Waals surface area contributed by atoms with Gasteiger partial charge in [-0.25, -0.2) is 4.39 Å². The Morgan fingerprint density at radius 2 is 2.12 bits per heavy atom. The monoisotopic (exact) mass is 378 g/mol. The number of phenolic OH excluding ortho intramolecular Hbond substituents is 1. The number of hydrogen-bond donors (Lipinski definition) is 2. The SMILES string of the molecule is CN1CCC[C@@H](Nc2nnc(-c3c(O)cc(Cl)cc3F)c3c2COC3)C1. The van der Waals surface area contributed by atoms with Crippen molar-refractivity contribution in [3.05, 3.63) is 34.1 Å². The number of anilines is 1. The average Bonchev–Trinajstić information content (AvgIpc) is 3.06. The van der Waals surface area contributed by atoms with E-state index in [0.29, 0.717) is 30.8 Å². The summed E-state index contributed by atoms with van der Waals surface area (Å²) in [7, 11) is 2.10. The third-order valence-electron chi connectivity index (χ3n) is 4.92. The highest BCUT2D eigenvalue weighted by Crippen LogP contribution is 2.39. The molecule has 0 saturated carbocycles. The molecule has 1 fully saturated rings. The van der Waals surface area contributed by atoms with E-state index in [1.54, 1.807) is 0 Å². The van der Waals surface area contributed by atoms with Gasteiger partial charge in [-0.2, -0.15) is 0 Å². The van der Waals surface area contributed by atoms with Crippen molar-refractivity contribution in [2.45, 2.75) is 32.1 Å². The summed E-state index contributed by atoms with van der Waals surface area (Å²) in [6.45, 7) is 2.73. The number of benzene rings is 1. The largest absolute Gasteiger partial charge is 0.507 e. The fraction of sp³-hybridized carbons (Fsp3) is 0.444. The molecule has 2 N–H and O–H groups in total. The summed E-state index contributed by atoms with van der Waals surface area (Å²) >= 11 is 5.80. The van der Waals surface area contributed by atoms with Gasteiger partial charge in [0.25, 0.3) is 0 Å². The van der Waals surface area contributed by atoms with Crippen LogP contribution in [0, 0.1) is 5.82 Å². The van der Waals surface area contributed by atoms with Crippen molar-refractivity contribution in [3.63, 3.8) is 0 Å². The van der Waals surface area contributed by atoms with Gasteiger partial charge in [0.2, 0.25) is 0 Å². The number of likely N-dealkylation sites (tertiary alicyclic amines) is 1. The second-order valence-electron chi connectivity index (χ2n) is 6.87. The van der Waals surface area contributed by atoms with Gasteiger partial charge in [-0.3, -0.25) is 0 Å². The number of fused-ring (bicyclic) bond motifs is 1. The average molecular weight is 379 g/mol. The normalized spacial score (nSPS) is 20.2. The van der Waals surface area contributed by atoms with Crippen LogP contribution >= 0.6 is 11.6 Å². The number of phenols is 1. The summed E-state index contributed by atoms with van der Waals surface area (Å²) in [6, 6.07) is 2.75. The maximum Gasteiger partial charge on any atom is 0.154 e. The van der Waals surface area contributed by atoms with Gasteiger partial charge in [-0.15, -0.1) is 10.2 Å². The Morgan fingerprint density at radius 1 is 1.31 bits per heavy atom. The van der Waals surface area contributed by atoms with Crippen molar-refractivity contribution in [2.24, 2.45) is 0 Å². The Morgan fingerprint density at radius 3 is 2.88 bits per heavy atom. The van der Waals surface area contributed by atoms with Gasteiger partial charge in [0.15, 0.2) is 5.82 Å². The number of nitrogens with zero attached hydrogens (tertiary/aromatic N) is 3. The van der Waals surface area contributed by atoms with Gasteiger partial charge in [0, 0.05) is 28.7 Å². The predicted molar refractivity (Wildman–Crippen MR) is 96.7 cm³/mol. The minimum atomic E-state index is -0.631. The summed E-state index contributed by atoms with van der Waals surface area (Å²) in [5.41, 5.74) is 1.93. The minimum Gasteiger partial charge on any atom is -0.507 e.